The minimum Gasteiger partial charge on any atom is -0.382 e. The number of nitrogens with two attached hydrogens (primary N) is 1. The molecule has 1 fully saturated rings. The summed E-state index contributed by atoms with van der Waals surface area (Å²) < 4.78 is 2.99. The van der Waals surface area contributed by atoms with E-state index in [9.17, 15) is 4.79 Å². The van der Waals surface area contributed by atoms with Crippen molar-refractivity contribution in [1.82, 2.24) is 20.1 Å². The van der Waals surface area contributed by atoms with Crippen LogP contribution in [0.2, 0.25) is 0 Å². The lowest BCUT2D eigenvalue weighted by Crippen LogP contribution is -2.18. The summed E-state index contributed by atoms with van der Waals surface area (Å²) >= 11 is 2.19. The minimum atomic E-state index is -0.177. The maximum atomic E-state index is 11.9. The molecule has 0 spiro atoms. The number of halogens is 1. The predicted molar refractivity (Wildman–Crippen MR) is 74.0 cm³/mol. The monoisotopic (exact) mass is 345 g/mol. The summed E-state index contributed by atoms with van der Waals surface area (Å²) in [6.07, 6.45) is 3.01. The zero-order valence-electron chi connectivity index (χ0n) is 9.03. The molecule has 1 aliphatic heterocycles. The van der Waals surface area contributed by atoms with Crippen LogP contribution < -0.4 is 16.6 Å². The van der Waals surface area contributed by atoms with Gasteiger partial charge in [0.1, 0.15) is 5.52 Å². The van der Waals surface area contributed by atoms with E-state index in [0.29, 0.717) is 17.4 Å². The molecule has 0 aliphatic carbocycles. The highest BCUT2D eigenvalue weighted by Gasteiger charge is 2.22. The Kier molecular flexibility index (Phi) is 2.58. The third-order valence-electron chi connectivity index (χ3n) is 3.16. The topological polar surface area (TPSA) is 88.7 Å². The molecule has 90 valence electrons. The van der Waals surface area contributed by atoms with Crippen LogP contribution in [0.4, 0.5) is 5.82 Å². The van der Waals surface area contributed by atoms with Crippen LogP contribution in [0.25, 0.3) is 10.9 Å². The van der Waals surface area contributed by atoms with Crippen molar-refractivity contribution in [2.75, 3.05) is 18.8 Å². The van der Waals surface area contributed by atoms with E-state index in [0.717, 1.165) is 28.5 Å². The normalized spacial score (nSPS) is 20.2. The Bertz CT molecular complexity index is 625. The average Bonchev–Trinajstić information content (AvgIpc) is 2.91. The Hall–Kier alpha value is -1.09. The first kappa shape index (κ1) is 11.0. The van der Waals surface area contributed by atoms with Gasteiger partial charge in [-0.2, -0.15) is 5.10 Å². The van der Waals surface area contributed by atoms with Crippen molar-refractivity contribution in [3.05, 3.63) is 20.1 Å². The molecule has 0 saturated carbocycles. The van der Waals surface area contributed by atoms with Crippen molar-refractivity contribution < 1.29 is 0 Å². The molecular formula is C10H12IN5O. The van der Waals surface area contributed by atoms with E-state index in [-0.39, 0.29) is 5.56 Å². The number of hydrogen-bond donors (Lipinski definition) is 3. The van der Waals surface area contributed by atoms with Crippen molar-refractivity contribution in [1.29, 1.82) is 0 Å². The van der Waals surface area contributed by atoms with Gasteiger partial charge < -0.3 is 15.6 Å². The molecular weight excluding hydrogens is 333 g/mol. The Morgan fingerprint density at radius 3 is 3.12 bits per heavy atom. The van der Waals surface area contributed by atoms with Crippen molar-refractivity contribution >= 4 is 39.3 Å². The van der Waals surface area contributed by atoms with Gasteiger partial charge in [0.25, 0.3) is 5.56 Å². The number of H-pyrrole nitrogens is 1. The van der Waals surface area contributed by atoms with Gasteiger partial charge in [-0.05, 0) is 35.6 Å². The molecule has 1 saturated heterocycles. The van der Waals surface area contributed by atoms with E-state index in [1.165, 1.54) is 0 Å². The Morgan fingerprint density at radius 2 is 2.41 bits per heavy atom. The Balaban J connectivity index is 2.32. The second kappa shape index (κ2) is 3.98. The fourth-order valence-corrected chi connectivity index (χ4v) is 3.18. The molecule has 3 rings (SSSR count). The third-order valence-corrected chi connectivity index (χ3v) is 3.98. The Labute approximate surface area is 111 Å². The number of rotatable bonds is 1. The maximum absolute atomic E-state index is 11.9. The quantitative estimate of drug-likeness (QED) is 0.655. The zero-order chi connectivity index (χ0) is 12.0. The number of hydrogen-bond acceptors (Lipinski definition) is 4. The van der Waals surface area contributed by atoms with Gasteiger partial charge in [-0.15, -0.1) is 0 Å². The fourth-order valence-electron chi connectivity index (χ4n) is 2.35. The number of aromatic nitrogens is 3. The highest BCUT2D eigenvalue weighted by Crippen LogP contribution is 2.28. The summed E-state index contributed by atoms with van der Waals surface area (Å²) in [4.78, 5) is 11.9. The lowest BCUT2D eigenvalue weighted by molar-refractivity contribution is 0.563. The molecule has 0 aromatic carbocycles. The first-order valence-corrected chi connectivity index (χ1v) is 6.51. The number of nitrogens with one attached hydrogen (secondary N) is 2. The van der Waals surface area contributed by atoms with Gasteiger partial charge in [0, 0.05) is 22.4 Å². The molecule has 0 radical (unpaired) electrons. The number of anilines is 1. The molecule has 4 N–H and O–H groups in total. The number of nitrogens with zero attached hydrogens (tertiary/aromatic N) is 2. The van der Waals surface area contributed by atoms with Crippen LogP contribution >= 0.6 is 22.6 Å². The number of nitrogen functional groups attached to an aromatic ring is 1. The zero-order valence-corrected chi connectivity index (χ0v) is 11.2. The smallest absolute Gasteiger partial charge is 0.288 e. The lowest BCUT2D eigenvalue weighted by Gasteiger charge is -2.11. The molecule has 1 aliphatic rings. The van der Waals surface area contributed by atoms with Crippen LogP contribution in [0.1, 0.15) is 12.5 Å². The van der Waals surface area contributed by atoms with E-state index in [2.05, 4.69) is 38.1 Å². The van der Waals surface area contributed by atoms with Crippen molar-refractivity contribution in [2.45, 2.75) is 12.5 Å². The van der Waals surface area contributed by atoms with E-state index in [4.69, 9.17) is 5.73 Å². The number of fused-ring (bicyclic) bond motifs is 1. The summed E-state index contributed by atoms with van der Waals surface area (Å²) in [5.41, 5.74) is 6.28. The maximum Gasteiger partial charge on any atom is 0.288 e. The van der Waals surface area contributed by atoms with Gasteiger partial charge in [0.05, 0.1) is 5.39 Å². The molecule has 3 heterocycles. The van der Waals surface area contributed by atoms with Gasteiger partial charge in [0.15, 0.2) is 5.82 Å². The summed E-state index contributed by atoms with van der Waals surface area (Å²) in [7, 11) is 0. The molecule has 2 aromatic heterocycles. The van der Waals surface area contributed by atoms with Crippen LogP contribution in [0.3, 0.4) is 0 Å². The van der Waals surface area contributed by atoms with Gasteiger partial charge >= 0.3 is 0 Å². The standard InChI is InChI=1S/C10H12IN5O/c11-6-4-16(5-1-2-13-3-5)8-7(6)9(12)14-15-10(8)17/h4-5,13H,1-3H2,(H2,12,14)(H,15,17)/t5-/m0/s1. The van der Waals surface area contributed by atoms with E-state index >= 15 is 0 Å². The average molecular weight is 345 g/mol. The van der Waals surface area contributed by atoms with E-state index < -0.39 is 0 Å². The SMILES string of the molecule is Nc1n[nH]c(=O)c2c1c(I)cn2[C@H]1CCNC1. The summed E-state index contributed by atoms with van der Waals surface area (Å²) in [6, 6.07) is 0.323. The molecule has 17 heavy (non-hydrogen) atoms. The van der Waals surface area contributed by atoms with Crippen molar-refractivity contribution in [2.24, 2.45) is 0 Å². The largest absolute Gasteiger partial charge is 0.382 e. The fraction of sp³-hybridized carbons (Fsp3) is 0.400. The van der Waals surface area contributed by atoms with Crippen LogP contribution in [0.5, 0.6) is 0 Å². The lowest BCUT2D eigenvalue weighted by atomic mass is 10.2. The van der Waals surface area contributed by atoms with Crippen LogP contribution in [-0.4, -0.2) is 27.9 Å². The highest BCUT2D eigenvalue weighted by atomic mass is 127. The molecule has 6 nitrogen and oxygen atoms in total. The van der Waals surface area contributed by atoms with Gasteiger partial charge in [-0.3, -0.25) is 4.79 Å². The van der Waals surface area contributed by atoms with Gasteiger partial charge in [0.2, 0.25) is 0 Å². The van der Waals surface area contributed by atoms with Crippen LogP contribution in [0.15, 0.2) is 11.0 Å². The number of aromatic amines is 1. The molecule has 7 heteroatoms. The van der Waals surface area contributed by atoms with Crippen LogP contribution in [0, 0.1) is 3.57 Å². The van der Waals surface area contributed by atoms with Crippen molar-refractivity contribution in [3.63, 3.8) is 0 Å². The van der Waals surface area contributed by atoms with E-state index in [1.54, 1.807) is 0 Å². The summed E-state index contributed by atoms with van der Waals surface area (Å²) in [5, 5.41) is 10.3. The first-order valence-electron chi connectivity index (χ1n) is 5.43. The predicted octanol–water partition coefficient (Wildman–Crippen LogP) is 0.446. The van der Waals surface area contributed by atoms with Crippen LogP contribution in [-0.2, 0) is 0 Å². The minimum absolute atomic E-state index is 0.177. The molecule has 1 atom stereocenters. The second-order valence-electron chi connectivity index (χ2n) is 4.19. The molecule has 0 amide bonds. The van der Waals surface area contributed by atoms with Crippen molar-refractivity contribution in [3.8, 4) is 0 Å². The second-order valence-corrected chi connectivity index (χ2v) is 5.35. The summed E-state index contributed by atoms with van der Waals surface area (Å²) in [6.45, 7) is 1.88. The van der Waals surface area contributed by atoms with E-state index in [1.807, 2.05) is 10.8 Å². The van der Waals surface area contributed by atoms with Gasteiger partial charge in [-0.25, -0.2) is 5.10 Å². The summed E-state index contributed by atoms with van der Waals surface area (Å²) in [5.74, 6) is 0.383. The Morgan fingerprint density at radius 1 is 1.59 bits per heavy atom. The molecule has 0 unspecified atom stereocenters. The van der Waals surface area contributed by atoms with Gasteiger partial charge in [-0.1, -0.05) is 0 Å². The third kappa shape index (κ3) is 1.64. The first-order chi connectivity index (χ1) is 8.18. The molecule has 0 bridgehead atoms. The molecule has 2 aromatic rings. The highest BCUT2D eigenvalue weighted by molar-refractivity contribution is 14.1.